The van der Waals surface area contributed by atoms with Gasteiger partial charge < -0.3 is 10.1 Å². The van der Waals surface area contributed by atoms with Gasteiger partial charge in [-0.05, 0) is 31.5 Å². The second-order valence-electron chi connectivity index (χ2n) is 6.30. The van der Waals surface area contributed by atoms with Crippen molar-refractivity contribution in [2.45, 2.75) is 25.9 Å². The van der Waals surface area contributed by atoms with Crippen LogP contribution in [0.2, 0.25) is 5.02 Å². The van der Waals surface area contributed by atoms with Crippen molar-refractivity contribution in [3.63, 3.8) is 0 Å². The van der Waals surface area contributed by atoms with Crippen molar-refractivity contribution < 1.29 is 4.74 Å². The molecule has 2 unspecified atom stereocenters. The Kier molecular flexibility index (Phi) is 5.89. The second-order valence-corrected chi connectivity index (χ2v) is 6.74. The Balaban J connectivity index is 1.73. The first-order valence-corrected chi connectivity index (χ1v) is 8.83. The third kappa shape index (κ3) is 4.16. The Bertz CT molecular complexity index is 654. The van der Waals surface area contributed by atoms with Gasteiger partial charge in [0, 0.05) is 48.0 Å². The third-order valence-electron chi connectivity index (χ3n) is 4.67. The smallest absolute Gasteiger partial charge is 0.0594 e. The summed E-state index contributed by atoms with van der Waals surface area (Å²) < 4.78 is 5.51. The van der Waals surface area contributed by atoms with Crippen LogP contribution in [0.15, 0.2) is 30.5 Å². The van der Waals surface area contributed by atoms with E-state index in [2.05, 4.69) is 46.4 Å². The summed E-state index contributed by atoms with van der Waals surface area (Å²) in [6.07, 6.45) is 1.90. The number of aryl methyl sites for hydroxylation is 1. The van der Waals surface area contributed by atoms with Crippen molar-refractivity contribution in [1.29, 1.82) is 0 Å². The summed E-state index contributed by atoms with van der Waals surface area (Å²) in [5.74, 6) is 0. The molecule has 130 valence electrons. The zero-order valence-corrected chi connectivity index (χ0v) is 15.0. The molecule has 0 saturated carbocycles. The van der Waals surface area contributed by atoms with E-state index in [1.165, 1.54) is 11.1 Å². The van der Waals surface area contributed by atoms with Crippen LogP contribution in [0.25, 0.3) is 0 Å². The van der Waals surface area contributed by atoms with E-state index in [4.69, 9.17) is 16.3 Å². The Hall–Kier alpha value is -1.40. The van der Waals surface area contributed by atoms with E-state index in [0.717, 1.165) is 43.6 Å². The summed E-state index contributed by atoms with van der Waals surface area (Å²) in [4.78, 5) is 2.47. The number of rotatable bonds is 6. The van der Waals surface area contributed by atoms with Crippen LogP contribution in [0.4, 0.5) is 0 Å². The number of nitrogens with one attached hydrogen (secondary N) is 2. The van der Waals surface area contributed by atoms with Crippen LogP contribution < -0.4 is 5.32 Å². The van der Waals surface area contributed by atoms with E-state index in [9.17, 15) is 0 Å². The lowest BCUT2D eigenvalue weighted by Gasteiger charge is -2.35. The summed E-state index contributed by atoms with van der Waals surface area (Å²) in [6.45, 7) is 8.53. The van der Waals surface area contributed by atoms with Crippen LogP contribution in [-0.4, -0.2) is 47.9 Å². The molecule has 1 saturated heterocycles. The third-order valence-corrected chi connectivity index (χ3v) is 4.91. The van der Waals surface area contributed by atoms with Crippen LogP contribution >= 0.6 is 11.6 Å². The molecule has 0 aliphatic carbocycles. The van der Waals surface area contributed by atoms with Crippen LogP contribution in [0.3, 0.4) is 0 Å². The lowest BCUT2D eigenvalue weighted by molar-refractivity contribution is 0.0157. The van der Waals surface area contributed by atoms with Gasteiger partial charge in [0.1, 0.15) is 0 Å². The van der Waals surface area contributed by atoms with E-state index < -0.39 is 0 Å². The minimum Gasteiger partial charge on any atom is -0.379 e. The predicted octanol–water partition coefficient (Wildman–Crippen LogP) is 3.10. The number of hydrogen-bond donors (Lipinski definition) is 2. The van der Waals surface area contributed by atoms with Gasteiger partial charge in [-0.25, -0.2) is 0 Å². The summed E-state index contributed by atoms with van der Waals surface area (Å²) in [5, 5.41) is 11.6. The number of nitrogens with zero attached hydrogens (tertiary/aromatic N) is 2. The van der Waals surface area contributed by atoms with Crippen molar-refractivity contribution in [3.05, 3.63) is 52.3 Å². The molecule has 0 amide bonds. The Morgan fingerprint density at radius 1 is 1.38 bits per heavy atom. The monoisotopic (exact) mass is 348 g/mol. The molecule has 2 atom stereocenters. The Labute approximate surface area is 148 Å². The first kappa shape index (κ1) is 17.4. The molecule has 2 aromatic rings. The van der Waals surface area contributed by atoms with Gasteiger partial charge in [-0.3, -0.25) is 10.00 Å². The lowest BCUT2D eigenvalue weighted by atomic mass is 10.0. The van der Waals surface area contributed by atoms with Crippen LogP contribution in [0, 0.1) is 6.92 Å². The molecule has 3 rings (SSSR count). The van der Waals surface area contributed by atoms with E-state index in [0.29, 0.717) is 0 Å². The number of H-pyrrole nitrogens is 1. The fraction of sp³-hybridized carbons (Fsp3) is 0.500. The molecule has 0 bridgehead atoms. The quantitative estimate of drug-likeness (QED) is 0.842. The fourth-order valence-corrected chi connectivity index (χ4v) is 3.45. The molecule has 0 spiro atoms. The normalized spacial score (nSPS) is 18.5. The molecule has 2 N–H and O–H groups in total. The number of aromatic nitrogens is 2. The summed E-state index contributed by atoms with van der Waals surface area (Å²) in [6, 6.07) is 8.69. The molecule has 2 heterocycles. The van der Waals surface area contributed by atoms with Gasteiger partial charge in [-0.2, -0.15) is 5.10 Å². The summed E-state index contributed by atoms with van der Waals surface area (Å²) in [5.41, 5.74) is 3.57. The van der Waals surface area contributed by atoms with Crippen LogP contribution in [-0.2, 0) is 4.74 Å². The highest BCUT2D eigenvalue weighted by Crippen LogP contribution is 2.25. The fourth-order valence-electron chi connectivity index (χ4n) is 3.26. The summed E-state index contributed by atoms with van der Waals surface area (Å²) in [7, 11) is 0. The number of ether oxygens (including phenoxy) is 1. The zero-order valence-electron chi connectivity index (χ0n) is 14.3. The number of hydrogen-bond acceptors (Lipinski definition) is 4. The molecule has 1 aliphatic rings. The van der Waals surface area contributed by atoms with Gasteiger partial charge in [-0.15, -0.1) is 0 Å². The van der Waals surface area contributed by atoms with E-state index in [1.54, 1.807) is 0 Å². The van der Waals surface area contributed by atoms with Gasteiger partial charge in [0.15, 0.2) is 0 Å². The highest BCUT2D eigenvalue weighted by atomic mass is 35.5. The predicted molar refractivity (Wildman–Crippen MR) is 96.3 cm³/mol. The molecule has 24 heavy (non-hydrogen) atoms. The minimum absolute atomic E-state index is 0.242. The largest absolute Gasteiger partial charge is 0.379 e. The van der Waals surface area contributed by atoms with Crippen molar-refractivity contribution in [2.24, 2.45) is 0 Å². The van der Waals surface area contributed by atoms with Crippen molar-refractivity contribution in [3.8, 4) is 0 Å². The van der Waals surface area contributed by atoms with E-state index >= 15 is 0 Å². The molecular formula is C18H25ClN4O. The number of morpholine rings is 1. The average Bonchev–Trinajstić information content (AvgIpc) is 3.02. The molecule has 0 radical (unpaired) electrons. The van der Waals surface area contributed by atoms with Crippen LogP contribution in [0.5, 0.6) is 0 Å². The standard InChI is InChI=1S/C18H25ClN4O/c1-13(17-11-21-22-14(17)2)20-12-18(23-6-8-24-9-7-23)15-4-3-5-16(19)10-15/h3-5,10-11,13,18,20H,6-9,12H2,1-2H3,(H,21,22). The van der Waals surface area contributed by atoms with Gasteiger partial charge >= 0.3 is 0 Å². The van der Waals surface area contributed by atoms with E-state index in [-0.39, 0.29) is 12.1 Å². The maximum absolute atomic E-state index is 6.22. The topological polar surface area (TPSA) is 53.2 Å². The molecule has 5 nitrogen and oxygen atoms in total. The highest BCUT2D eigenvalue weighted by molar-refractivity contribution is 6.30. The van der Waals surface area contributed by atoms with Gasteiger partial charge in [0.2, 0.25) is 0 Å². The maximum Gasteiger partial charge on any atom is 0.0594 e. The average molecular weight is 349 g/mol. The van der Waals surface area contributed by atoms with Gasteiger partial charge in [0.25, 0.3) is 0 Å². The number of benzene rings is 1. The Morgan fingerprint density at radius 2 is 2.17 bits per heavy atom. The first-order valence-electron chi connectivity index (χ1n) is 8.45. The van der Waals surface area contributed by atoms with E-state index in [1.807, 2.05) is 18.3 Å². The first-order chi connectivity index (χ1) is 11.6. The lowest BCUT2D eigenvalue weighted by Crippen LogP contribution is -2.43. The molecule has 1 aromatic carbocycles. The molecular weight excluding hydrogens is 324 g/mol. The molecule has 6 heteroatoms. The second kappa shape index (κ2) is 8.12. The number of aromatic amines is 1. The van der Waals surface area contributed by atoms with Gasteiger partial charge in [-0.1, -0.05) is 23.7 Å². The van der Waals surface area contributed by atoms with Crippen molar-refractivity contribution in [1.82, 2.24) is 20.4 Å². The summed E-state index contributed by atoms with van der Waals surface area (Å²) >= 11 is 6.22. The minimum atomic E-state index is 0.242. The molecule has 1 aromatic heterocycles. The van der Waals surface area contributed by atoms with Crippen molar-refractivity contribution in [2.75, 3.05) is 32.8 Å². The SMILES string of the molecule is Cc1[nH]ncc1C(C)NCC(c1cccc(Cl)c1)N1CCOCC1. The maximum atomic E-state index is 6.22. The van der Waals surface area contributed by atoms with Crippen molar-refractivity contribution >= 4 is 11.6 Å². The zero-order chi connectivity index (χ0) is 16.9. The highest BCUT2D eigenvalue weighted by Gasteiger charge is 2.23. The number of halogens is 1. The van der Waals surface area contributed by atoms with Gasteiger partial charge in [0.05, 0.1) is 19.4 Å². The van der Waals surface area contributed by atoms with Crippen LogP contribution in [0.1, 0.15) is 35.8 Å². The molecule has 1 fully saturated rings. The Morgan fingerprint density at radius 3 is 2.83 bits per heavy atom. The molecule has 1 aliphatic heterocycles.